The van der Waals surface area contributed by atoms with Crippen LogP contribution in [0.2, 0.25) is 0 Å². The van der Waals surface area contributed by atoms with Gasteiger partial charge >= 0.3 is 0 Å². The maximum Gasteiger partial charge on any atom is 0.223 e. The summed E-state index contributed by atoms with van der Waals surface area (Å²) in [5.74, 6) is 0.178. The molecule has 0 N–H and O–H groups in total. The number of ether oxygens (including phenoxy) is 1. The number of methoxy groups -OCH3 is 1. The second-order valence-corrected chi connectivity index (χ2v) is 7.66. The van der Waals surface area contributed by atoms with E-state index < -0.39 is 0 Å². The van der Waals surface area contributed by atoms with Crippen molar-refractivity contribution in [3.63, 3.8) is 0 Å². The van der Waals surface area contributed by atoms with E-state index >= 15 is 0 Å². The molecule has 0 fully saturated rings. The SMILES string of the molecule is COCCN(Cc1cccn1Cc1ccccc1)C(=O)CC(C)(C)C. The first-order chi connectivity index (χ1) is 11.9. The molecule has 0 bridgehead atoms. The topological polar surface area (TPSA) is 34.5 Å². The number of benzene rings is 1. The van der Waals surface area contributed by atoms with Gasteiger partial charge in [0.1, 0.15) is 0 Å². The molecule has 0 unspecified atom stereocenters. The highest BCUT2D eigenvalue weighted by Gasteiger charge is 2.22. The van der Waals surface area contributed by atoms with Crippen LogP contribution in [0.25, 0.3) is 0 Å². The molecular formula is C21H30N2O2. The average molecular weight is 342 g/mol. The van der Waals surface area contributed by atoms with E-state index in [2.05, 4.69) is 61.9 Å². The van der Waals surface area contributed by atoms with Crippen molar-refractivity contribution in [1.82, 2.24) is 9.47 Å². The Morgan fingerprint density at radius 1 is 1.12 bits per heavy atom. The zero-order chi connectivity index (χ0) is 18.3. The number of aromatic nitrogens is 1. The summed E-state index contributed by atoms with van der Waals surface area (Å²) >= 11 is 0. The van der Waals surface area contributed by atoms with Crippen molar-refractivity contribution < 1.29 is 9.53 Å². The van der Waals surface area contributed by atoms with Gasteiger partial charge in [0.05, 0.1) is 13.2 Å². The minimum Gasteiger partial charge on any atom is -0.383 e. The average Bonchev–Trinajstić information content (AvgIpc) is 2.97. The molecule has 0 saturated carbocycles. The van der Waals surface area contributed by atoms with Crippen molar-refractivity contribution in [1.29, 1.82) is 0 Å². The van der Waals surface area contributed by atoms with Crippen LogP contribution in [0.5, 0.6) is 0 Å². The molecule has 1 aromatic heterocycles. The molecule has 2 rings (SSSR count). The number of rotatable bonds is 8. The number of carbonyl (C=O) groups is 1. The molecule has 0 aliphatic heterocycles. The minimum absolute atomic E-state index is 0.0194. The van der Waals surface area contributed by atoms with Crippen LogP contribution in [-0.4, -0.2) is 35.6 Å². The Kier molecular flexibility index (Phi) is 6.82. The van der Waals surface area contributed by atoms with Crippen LogP contribution >= 0.6 is 0 Å². The lowest BCUT2D eigenvalue weighted by Crippen LogP contribution is -2.36. The normalized spacial score (nSPS) is 11.5. The second-order valence-electron chi connectivity index (χ2n) is 7.66. The zero-order valence-electron chi connectivity index (χ0n) is 15.9. The molecule has 1 amide bonds. The van der Waals surface area contributed by atoms with E-state index in [1.807, 2.05) is 17.0 Å². The van der Waals surface area contributed by atoms with E-state index in [1.54, 1.807) is 7.11 Å². The number of amides is 1. The first kappa shape index (κ1) is 19.3. The van der Waals surface area contributed by atoms with Crippen molar-refractivity contribution in [2.75, 3.05) is 20.3 Å². The minimum atomic E-state index is -0.0194. The van der Waals surface area contributed by atoms with Gasteiger partial charge in [0, 0.05) is 38.5 Å². The highest BCUT2D eigenvalue weighted by molar-refractivity contribution is 5.76. The number of hydrogen-bond acceptors (Lipinski definition) is 2. The molecule has 2 aromatic rings. The smallest absolute Gasteiger partial charge is 0.223 e. The summed E-state index contributed by atoms with van der Waals surface area (Å²) in [6, 6.07) is 14.5. The summed E-state index contributed by atoms with van der Waals surface area (Å²) in [6.07, 6.45) is 2.61. The van der Waals surface area contributed by atoms with Gasteiger partial charge in [-0.1, -0.05) is 51.1 Å². The summed E-state index contributed by atoms with van der Waals surface area (Å²) in [7, 11) is 1.67. The van der Waals surface area contributed by atoms with Crippen molar-refractivity contribution in [3.8, 4) is 0 Å². The fraction of sp³-hybridized carbons (Fsp3) is 0.476. The van der Waals surface area contributed by atoms with Crippen LogP contribution in [-0.2, 0) is 22.6 Å². The van der Waals surface area contributed by atoms with Crippen LogP contribution in [0.4, 0.5) is 0 Å². The first-order valence-electron chi connectivity index (χ1n) is 8.84. The van der Waals surface area contributed by atoms with Crippen LogP contribution < -0.4 is 0 Å². The Balaban J connectivity index is 2.10. The zero-order valence-corrected chi connectivity index (χ0v) is 15.9. The van der Waals surface area contributed by atoms with Crippen molar-refractivity contribution >= 4 is 5.91 Å². The lowest BCUT2D eigenvalue weighted by Gasteiger charge is -2.27. The van der Waals surface area contributed by atoms with E-state index in [-0.39, 0.29) is 11.3 Å². The van der Waals surface area contributed by atoms with Gasteiger partial charge in [-0.25, -0.2) is 0 Å². The van der Waals surface area contributed by atoms with Gasteiger partial charge in [-0.15, -0.1) is 0 Å². The van der Waals surface area contributed by atoms with Crippen molar-refractivity contribution in [2.24, 2.45) is 5.41 Å². The lowest BCUT2D eigenvalue weighted by molar-refractivity contribution is -0.134. The fourth-order valence-electron chi connectivity index (χ4n) is 2.78. The van der Waals surface area contributed by atoms with Gasteiger partial charge in [-0.2, -0.15) is 0 Å². The Bertz CT molecular complexity index is 656. The Morgan fingerprint density at radius 3 is 2.48 bits per heavy atom. The quantitative estimate of drug-likeness (QED) is 0.728. The molecule has 0 aliphatic rings. The Hall–Kier alpha value is -2.07. The monoisotopic (exact) mass is 342 g/mol. The summed E-state index contributed by atoms with van der Waals surface area (Å²) in [5.41, 5.74) is 2.38. The molecule has 136 valence electrons. The summed E-state index contributed by atoms with van der Waals surface area (Å²) < 4.78 is 7.40. The second kappa shape index (κ2) is 8.86. The van der Waals surface area contributed by atoms with Crippen molar-refractivity contribution in [3.05, 3.63) is 59.9 Å². The molecule has 0 saturated heterocycles. The maximum absolute atomic E-state index is 12.7. The first-order valence-corrected chi connectivity index (χ1v) is 8.84. The van der Waals surface area contributed by atoms with Crippen LogP contribution in [0, 0.1) is 5.41 Å². The third-order valence-corrected chi connectivity index (χ3v) is 4.07. The van der Waals surface area contributed by atoms with E-state index in [4.69, 9.17) is 4.74 Å². The van der Waals surface area contributed by atoms with Gasteiger partial charge in [-0.3, -0.25) is 4.79 Å². The number of nitrogens with zero attached hydrogens (tertiary/aromatic N) is 2. The molecule has 4 heteroatoms. The number of hydrogen-bond donors (Lipinski definition) is 0. The molecule has 25 heavy (non-hydrogen) atoms. The van der Waals surface area contributed by atoms with E-state index in [0.717, 1.165) is 12.2 Å². The van der Waals surface area contributed by atoms with Gasteiger partial charge < -0.3 is 14.2 Å². The van der Waals surface area contributed by atoms with E-state index in [0.29, 0.717) is 26.1 Å². The highest BCUT2D eigenvalue weighted by atomic mass is 16.5. The third kappa shape index (κ3) is 6.39. The maximum atomic E-state index is 12.7. The standard InChI is InChI=1S/C21H30N2O2/c1-21(2,3)15-20(24)23(13-14-25-4)17-19-11-8-12-22(19)16-18-9-6-5-7-10-18/h5-12H,13-17H2,1-4H3. The van der Waals surface area contributed by atoms with Crippen LogP contribution in [0.1, 0.15) is 38.4 Å². The highest BCUT2D eigenvalue weighted by Crippen LogP contribution is 2.21. The Labute approximate surface area is 151 Å². The summed E-state index contributed by atoms with van der Waals surface area (Å²) in [6.45, 7) is 8.87. The molecule has 1 aromatic carbocycles. The van der Waals surface area contributed by atoms with Gasteiger partial charge in [0.15, 0.2) is 0 Å². The van der Waals surface area contributed by atoms with E-state index in [9.17, 15) is 4.79 Å². The van der Waals surface area contributed by atoms with Crippen molar-refractivity contribution in [2.45, 2.75) is 40.3 Å². The summed E-state index contributed by atoms with van der Waals surface area (Å²) in [5, 5.41) is 0. The Morgan fingerprint density at radius 2 is 1.84 bits per heavy atom. The largest absolute Gasteiger partial charge is 0.383 e. The van der Waals surface area contributed by atoms with E-state index in [1.165, 1.54) is 5.56 Å². The molecule has 0 atom stereocenters. The van der Waals surface area contributed by atoms with Crippen LogP contribution in [0.15, 0.2) is 48.7 Å². The number of carbonyl (C=O) groups excluding carboxylic acids is 1. The molecule has 0 aliphatic carbocycles. The predicted octanol–water partition coefficient (Wildman–Crippen LogP) is 3.95. The predicted molar refractivity (Wildman–Crippen MR) is 101 cm³/mol. The molecule has 0 radical (unpaired) electrons. The molecule has 0 spiro atoms. The van der Waals surface area contributed by atoms with Crippen LogP contribution in [0.3, 0.4) is 0 Å². The van der Waals surface area contributed by atoms with Gasteiger partial charge in [0.25, 0.3) is 0 Å². The molecule has 4 nitrogen and oxygen atoms in total. The molecule has 1 heterocycles. The molecular weight excluding hydrogens is 312 g/mol. The lowest BCUT2D eigenvalue weighted by atomic mass is 9.91. The third-order valence-electron chi connectivity index (χ3n) is 4.07. The van der Waals surface area contributed by atoms with Gasteiger partial charge in [0.2, 0.25) is 5.91 Å². The summed E-state index contributed by atoms with van der Waals surface area (Å²) in [4.78, 5) is 14.6. The fourth-order valence-corrected chi connectivity index (χ4v) is 2.78. The van der Waals surface area contributed by atoms with Gasteiger partial charge in [-0.05, 0) is 23.1 Å².